The van der Waals surface area contributed by atoms with Gasteiger partial charge in [0, 0.05) is 10.6 Å². The molecule has 0 radical (unpaired) electrons. The largest absolute Gasteiger partial charge is 0.464 e. The second kappa shape index (κ2) is 7.33. The van der Waals surface area contributed by atoms with E-state index in [1.165, 1.54) is 12.0 Å². The van der Waals surface area contributed by atoms with Crippen molar-refractivity contribution in [1.82, 2.24) is 4.57 Å². The average Bonchev–Trinajstić information content (AvgIpc) is 3.15. The maximum Gasteiger partial charge on any atom is 0.354 e. The molecule has 0 saturated carbocycles. The SMILES string of the molecule is CCc1cc2c(cc(C(=O)OC)n2CC(=O)Nc2ccc(C)cc2C)s1. The molecule has 26 heavy (non-hydrogen) atoms. The molecule has 0 unspecified atom stereocenters. The molecule has 0 aliphatic carbocycles. The van der Waals surface area contributed by atoms with E-state index in [1.807, 2.05) is 38.1 Å². The minimum Gasteiger partial charge on any atom is -0.464 e. The second-order valence-corrected chi connectivity index (χ2v) is 7.46. The summed E-state index contributed by atoms with van der Waals surface area (Å²) in [6.45, 7) is 6.12. The summed E-state index contributed by atoms with van der Waals surface area (Å²) in [4.78, 5) is 26.0. The Labute approximate surface area is 156 Å². The summed E-state index contributed by atoms with van der Waals surface area (Å²) in [5.41, 5.74) is 4.22. The molecule has 0 bridgehead atoms. The number of hydrogen-bond donors (Lipinski definition) is 1. The van der Waals surface area contributed by atoms with Gasteiger partial charge in [-0.25, -0.2) is 4.79 Å². The van der Waals surface area contributed by atoms with Gasteiger partial charge in [0.2, 0.25) is 5.91 Å². The number of nitrogens with zero attached hydrogens (tertiary/aromatic N) is 1. The number of esters is 1. The van der Waals surface area contributed by atoms with Crippen molar-refractivity contribution >= 4 is 39.1 Å². The Morgan fingerprint density at radius 2 is 1.96 bits per heavy atom. The normalized spacial score (nSPS) is 10.9. The van der Waals surface area contributed by atoms with Crippen molar-refractivity contribution in [3.8, 4) is 0 Å². The number of ether oxygens (including phenoxy) is 1. The molecule has 2 heterocycles. The first kappa shape index (κ1) is 18.2. The van der Waals surface area contributed by atoms with Gasteiger partial charge >= 0.3 is 5.97 Å². The van der Waals surface area contributed by atoms with Crippen LogP contribution in [-0.4, -0.2) is 23.6 Å². The second-order valence-electron chi connectivity index (χ2n) is 6.29. The molecule has 1 amide bonds. The monoisotopic (exact) mass is 370 g/mol. The van der Waals surface area contributed by atoms with Crippen LogP contribution in [0, 0.1) is 13.8 Å². The molecule has 3 rings (SSSR count). The van der Waals surface area contributed by atoms with Crippen LogP contribution in [0.15, 0.2) is 30.3 Å². The van der Waals surface area contributed by atoms with E-state index in [4.69, 9.17) is 4.74 Å². The third-order valence-corrected chi connectivity index (χ3v) is 5.56. The number of amides is 1. The maximum atomic E-state index is 12.6. The average molecular weight is 370 g/mol. The third kappa shape index (κ3) is 3.51. The minimum absolute atomic E-state index is 0.0567. The number of anilines is 1. The zero-order chi connectivity index (χ0) is 18.8. The molecule has 6 heteroatoms. The van der Waals surface area contributed by atoms with Gasteiger partial charge in [0.05, 0.1) is 17.3 Å². The molecule has 0 atom stereocenters. The van der Waals surface area contributed by atoms with E-state index in [2.05, 4.69) is 12.2 Å². The topological polar surface area (TPSA) is 60.3 Å². The van der Waals surface area contributed by atoms with Crippen LogP contribution in [0.1, 0.15) is 33.4 Å². The highest BCUT2D eigenvalue weighted by atomic mass is 32.1. The predicted molar refractivity (Wildman–Crippen MR) is 105 cm³/mol. The van der Waals surface area contributed by atoms with Crippen LogP contribution in [0.5, 0.6) is 0 Å². The van der Waals surface area contributed by atoms with Crippen molar-refractivity contribution < 1.29 is 14.3 Å². The number of aryl methyl sites for hydroxylation is 3. The number of nitrogens with one attached hydrogen (secondary N) is 1. The lowest BCUT2D eigenvalue weighted by Gasteiger charge is -2.12. The van der Waals surface area contributed by atoms with Gasteiger partial charge in [0.15, 0.2) is 0 Å². The van der Waals surface area contributed by atoms with Gasteiger partial charge in [-0.05, 0) is 44.0 Å². The summed E-state index contributed by atoms with van der Waals surface area (Å²) in [6.07, 6.45) is 0.918. The van der Waals surface area contributed by atoms with Crippen molar-refractivity contribution in [1.29, 1.82) is 0 Å². The first-order chi connectivity index (χ1) is 12.4. The van der Waals surface area contributed by atoms with E-state index >= 15 is 0 Å². The number of hydrogen-bond acceptors (Lipinski definition) is 4. The van der Waals surface area contributed by atoms with Crippen LogP contribution in [-0.2, 0) is 22.5 Å². The first-order valence-electron chi connectivity index (χ1n) is 8.50. The number of methoxy groups -OCH3 is 1. The zero-order valence-electron chi connectivity index (χ0n) is 15.4. The third-order valence-electron chi connectivity index (χ3n) is 4.34. The Morgan fingerprint density at radius 1 is 1.19 bits per heavy atom. The van der Waals surface area contributed by atoms with Crippen molar-refractivity contribution in [2.45, 2.75) is 33.7 Å². The van der Waals surface area contributed by atoms with E-state index in [0.717, 1.165) is 33.5 Å². The maximum absolute atomic E-state index is 12.6. The molecule has 0 saturated heterocycles. The quantitative estimate of drug-likeness (QED) is 0.681. The number of thiophene rings is 1. The van der Waals surface area contributed by atoms with Crippen molar-refractivity contribution in [3.05, 3.63) is 52.0 Å². The highest BCUT2D eigenvalue weighted by Crippen LogP contribution is 2.30. The molecule has 0 aliphatic rings. The van der Waals surface area contributed by atoms with Crippen molar-refractivity contribution in [3.63, 3.8) is 0 Å². The zero-order valence-corrected chi connectivity index (χ0v) is 16.2. The van der Waals surface area contributed by atoms with E-state index < -0.39 is 5.97 Å². The Balaban J connectivity index is 1.91. The fraction of sp³-hybridized carbons (Fsp3) is 0.300. The van der Waals surface area contributed by atoms with Gasteiger partial charge in [0.25, 0.3) is 0 Å². The van der Waals surface area contributed by atoms with Crippen LogP contribution >= 0.6 is 11.3 Å². The van der Waals surface area contributed by atoms with Crippen molar-refractivity contribution in [2.75, 3.05) is 12.4 Å². The summed E-state index contributed by atoms with van der Waals surface area (Å²) in [5.74, 6) is -0.616. The summed E-state index contributed by atoms with van der Waals surface area (Å²) < 4.78 is 7.60. The number of fused-ring (bicyclic) bond motifs is 1. The molecule has 1 N–H and O–H groups in total. The van der Waals surface area contributed by atoms with Crippen LogP contribution in [0.4, 0.5) is 5.69 Å². The standard InChI is InChI=1S/C20H22N2O3S/c1-5-14-9-16-18(26-14)10-17(20(24)25-4)22(16)11-19(23)21-15-7-6-12(2)8-13(15)3/h6-10H,5,11H2,1-4H3,(H,21,23). The molecule has 3 aromatic rings. The Hall–Kier alpha value is -2.60. The van der Waals surface area contributed by atoms with Crippen LogP contribution in [0.3, 0.4) is 0 Å². The summed E-state index contributed by atoms with van der Waals surface area (Å²) in [6, 6.07) is 9.72. The molecule has 0 fully saturated rings. The summed E-state index contributed by atoms with van der Waals surface area (Å²) >= 11 is 1.63. The number of rotatable bonds is 5. The predicted octanol–water partition coefficient (Wildman–Crippen LogP) is 4.31. The molecular weight excluding hydrogens is 348 g/mol. The summed E-state index contributed by atoms with van der Waals surface area (Å²) in [5, 5.41) is 2.94. The van der Waals surface area contributed by atoms with E-state index in [9.17, 15) is 9.59 Å². The van der Waals surface area contributed by atoms with Crippen LogP contribution in [0.2, 0.25) is 0 Å². The lowest BCUT2D eigenvalue weighted by molar-refractivity contribution is -0.116. The lowest BCUT2D eigenvalue weighted by atomic mass is 10.1. The van der Waals surface area contributed by atoms with E-state index in [0.29, 0.717) is 5.69 Å². The van der Waals surface area contributed by atoms with Gasteiger partial charge in [-0.3, -0.25) is 4.79 Å². The molecule has 0 spiro atoms. The Morgan fingerprint density at radius 3 is 2.62 bits per heavy atom. The van der Waals surface area contributed by atoms with Crippen LogP contribution < -0.4 is 5.32 Å². The molecule has 136 valence electrons. The fourth-order valence-electron chi connectivity index (χ4n) is 3.00. The minimum atomic E-state index is -0.439. The van der Waals surface area contributed by atoms with Gasteiger partial charge in [-0.2, -0.15) is 0 Å². The highest BCUT2D eigenvalue weighted by Gasteiger charge is 2.20. The molecule has 1 aromatic carbocycles. The molecule has 5 nitrogen and oxygen atoms in total. The Bertz CT molecular complexity index is 985. The lowest BCUT2D eigenvalue weighted by Crippen LogP contribution is -2.22. The summed E-state index contributed by atoms with van der Waals surface area (Å²) in [7, 11) is 1.35. The van der Waals surface area contributed by atoms with E-state index in [1.54, 1.807) is 22.0 Å². The van der Waals surface area contributed by atoms with Gasteiger partial charge in [-0.1, -0.05) is 24.6 Å². The molecule has 0 aliphatic heterocycles. The van der Waals surface area contributed by atoms with Gasteiger partial charge < -0.3 is 14.6 Å². The smallest absolute Gasteiger partial charge is 0.354 e. The van der Waals surface area contributed by atoms with Crippen LogP contribution in [0.25, 0.3) is 10.2 Å². The number of aromatic nitrogens is 1. The number of carbonyl (C=O) groups is 2. The fourth-order valence-corrected chi connectivity index (χ4v) is 4.04. The number of carbonyl (C=O) groups excluding carboxylic acids is 2. The number of benzene rings is 1. The first-order valence-corrected chi connectivity index (χ1v) is 9.32. The highest BCUT2D eigenvalue weighted by molar-refractivity contribution is 7.19. The van der Waals surface area contributed by atoms with E-state index in [-0.39, 0.29) is 12.5 Å². The Kier molecular flexibility index (Phi) is 5.13. The molecular formula is C20H22N2O3S. The van der Waals surface area contributed by atoms with Gasteiger partial charge in [-0.15, -0.1) is 11.3 Å². The van der Waals surface area contributed by atoms with Gasteiger partial charge in [0.1, 0.15) is 12.2 Å². The van der Waals surface area contributed by atoms with Crippen molar-refractivity contribution in [2.24, 2.45) is 0 Å². The molecule has 2 aromatic heterocycles.